The summed E-state index contributed by atoms with van der Waals surface area (Å²) in [6.07, 6.45) is 2.48. The normalized spacial score (nSPS) is 11.8. The SMILES string of the molecule is CCOC(=O)C(CCSC)NC(=O)c1cccc(Cl)c1. The van der Waals surface area contributed by atoms with Crippen molar-refractivity contribution < 1.29 is 14.3 Å². The van der Waals surface area contributed by atoms with Gasteiger partial charge in [0.1, 0.15) is 6.04 Å². The fraction of sp³-hybridized carbons (Fsp3) is 0.429. The van der Waals surface area contributed by atoms with Crippen LogP contribution in [-0.4, -0.2) is 36.5 Å². The van der Waals surface area contributed by atoms with Crippen molar-refractivity contribution in [2.75, 3.05) is 18.6 Å². The molecule has 1 unspecified atom stereocenters. The smallest absolute Gasteiger partial charge is 0.328 e. The maximum atomic E-state index is 12.1. The average Bonchev–Trinajstić information content (AvgIpc) is 2.43. The minimum absolute atomic E-state index is 0.293. The van der Waals surface area contributed by atoms with Gasteiger partial charge in [0.15, 0.2) is 0 Å². The second-order valence-electron chi connectivity index (χ2n) is 4.07. The molecule has 1 rings (SSSR count). The minimum Gasteiger partial charge on any atom is -0.464 e. The van der Waals surface area contributed by atoms with Crippen molar-refractivity contribution in [1.82, 2.24) is 5.32 Å². The van der Waals surface area contributed by atoms with Gasteiger partial charge in [0, 0.05) is 10.6 Å². The van der Waals surface area contributed by atoms with Crippen molar-refractivity contribution in [2.24, 2.45) is 0 Å². The predicted molar refractivity (Wildman–Crippen MR) is 82.3 cm³/mol. The first-order valence-electron chi connectivity index (χ1n) is 6.30. The summed E-state index contributed by atoms with van der Waals surface area (Å²) in [6.45, 7) is 2.03. The van der Waals surface area contributed by atoms with Gasteiger partial charge in [-0.1, -0.05) is 17.7 Å². The summed E-state index contributed by atoms with van der Waals surface area (Å²) in [4.78, 5) is 23.9. The number of carbonyl (C=O) groups is 2. The Balaban J connectivity index is 2.72. The number of carbonyl (C=O) groups excluding carboxylic acids is 2. The Morgan fingerprint density at radius 3 is 2.80 bits per heavy atom. The van der Waals surface area contributed by atoms with Crippen molar-refractivity contribution in [3.8, 4) is 0 Å². The number of thioether (sulfide) groups is 1. The summed E-state index contributed by atoms with van der Waals surface area (Å²) in [6, 6.07) is 5.97. The molecule has 1 amide bonds. The Labute approximate surface area is 128 Å². The van der Waals surface area contributed by atoms with E-state index in [0.29, 0.717) is 23.6 Å². The zero-order valence-electron chi connectivity index (χ0n) is 11.5. The summed E-state index contributed by atoms with van der Waals surface area (Å²) in [5, 5.41) is 3.18. The van der Waals surface area contributed by atoms with Crippen molar-refractivity contribution in [1.29, 1.82) is 0 Å². The first-order valence-corrected chi connectivity index (χ1v) is 8.07. The molecule has 0 aliphatic rings. The van der Waals surface area contributed by atoms with E-state index in [1.807, 2.05) is 6.26 Å². The van der Waals surface area contributed by atoms with Crippen LogP contribution in [0.5, 0.6) is 0 Å². The third kappa shape index (κ3) is 5.43. The molecule has 20 heavy (non-hydrogen) atoms. The van der Waals surface area contributed by atoms with Gasteiger partial charge < -0.3 is 10.1 Å². The van der Waals surface area contributed by atoms with E-state index in [9.17, 15) is 9.59 Å². The van der Waals surface area contributed by atoms with E-state index >= 15 is 0 Å². The van der Waals surface area contributed by atoms with E-state index in [-0.39, 0.29) is 5.91 Å². The van der Waals surface area contributed by atoms with Gasteiger partial charge in [-0.3, -0.25) is 4.79 Å². The fourth-order valence-electron chi connectivity index (χ4n) is 1.60. The highest BCUT2D eigenvalue weighted by molar-refractivity contribution is 7.98. The number of nitrogens with one attached hydrogen (secondary N) is 1. The zero-order chi connectivity index (χ0) is 15.0. The van der Waals surface area contributed by atoms with Crippen molar-refractivity contribution >= 4 is 35.2 Å². The largest absolute Gasteiger partial charge is 0.464 e. The van der Waals surface area contributed by atoms with Crippen LogP contribution in [0.1, 0.15) is 23.7 Å². The molecule has 0 aromatic heterocycles. The number of rotatable bonds is 7. The molecule has 0 aliphatic carbocycles. The molecular formula is C14H18ClNO3S. The number of hydrogen-bond acceptors (Lipinski definition) is 4. The summed E-state index contributed by atoms with van der Waals surface area (Å²) in [7, 11) is 0. The first-order chi connectivity index (χ1) is 9.58. The van der Waals surface area contributed by atoms with Crippen molar-refractivity contribution in [3.63, 3.8) is 0 Å². The van der Waals surface area contributed by atoms with Crippen LogP contribution in [-0.2, 0) is 9.53 Å². The quantitative estimate of drug-likeness (QED) is 0.786. The molecular weight excluding hydrogens is 298 g/mol. The van der Waals surface area contributed by atoms with Crippen molar-refractivity contribution in [2.45, 2.75) is 19.4 Å². The third-order valence-electron chi connectivity index (χ3n) is 2.57. The maximum absolute atomic E-state index is 12.1. The Bertz CT molecular complexity index is 467. The highest BCUT2D eigenvalue weighted by atomic mass is 35.5. The molecule has 4 nitrogen and oxygen atoms in total. The van der Waals surface area contributed by atoms with Crippen LogP contribution >= 0.6 is 23.4 Å². The second-order valence-corrected chi connectivity index (χ2v) is 5.49. The van der Waals surface area contributed by atoms with Crippen LogP contribution in [0.2, 0.25) is 5.02 Å². The third-order valence-corrected chi connectivity index (χ3v) is 3.45. The molecule has 0 radical (unpaired) electrons. The van der Waals surface area contributed by atoms with Gasteiger partial charge in [0.05, 0.1) is 6.61 Å². The summed E-state index contributed by atoms with van der Waals surface area (Å²) in [5.41, 5.74) is 0.427. The maximum Gasteiger partial charge on any atom is 0.328 e. The molecule has 0 bridgehead atoms. The van der Waals surface area contributed by atoms with Gasteiger partial charge >= 0.3 is 5.97 Å². The standard InChI is InChI=1S/C14H18ClNO3S/c1-3-19-14(18)12(7-8-20-2)16-13(17)10-5-4-6-11(15)9-10/h4-6,9,12H,3,7-8H2,1-2H3,(H,16,17). The van der Waals surface area contributed by atoms with E-state index in [0.717, 1.165) is 5.75 Å². The lowest BCUT2D eigenvalue weighted by atomic mass is 10.1. The molecule has 0 fully saturated rings. The fourth-order valence-corrected chi connectivity index (χ4v) is 2.26. The van der Waals surface area contributed by atoms with Crippen LogP contribution in [0.3, 0.4) is 0 Å². The minimum atomic E-state index is -0.631. The molecule has 1 N–H and O–H groups in total. The highest BCUT2D eigenvalue weighted by Crippen LogP contribution is 2.11. The molecule has 0 aliphatic heterocycles. The predicted octanol–water partition coefficient (Wildman–Crippen LogP) is 2.75. The Morgan fingerprint density at radius 2 is 2.20 bits per heavy atom. The lowest BCUT2D eigenvalue weighted by molar-refractivity contribution is -0.145. The van der Waals surface area contributed by atoms with E-state index in [1.165, 1.54) is 0 Å². The lowest BCUT2D eigenvalue weighted by Gasteiger charge is -2.17. The highest BCUT2D eigenvalue weighted by Gasteiger charge is 2.22. The van der Waals surface area contributed by atoms with Gasteiger partial charge in [-0.05, 0) is 43.6 Å². The molecule has 0 saturated carbocycles. The zero-order valence-corrected chi connectivity index (χ0v) is 13.1. The topological polar surface area (TPSA) is 55.4 Å². The molecule has 110 valence electrons. The molecule has 6 heteroatoms. The molecule has 0 spiro atoms. The number of ether oxygens (including phenoxy) is 1. The van der Waals surface area contributed by atoms with Crippen molar-refractivity contribution in [3.05, 3.63) is 34.9 Å². The Kier molecular flexibility index (Phi) is 7.47. The van der Waals surface area contributed by atoms with Gasteiger partial charge in [-0.2, -0.15) is 11.8 Å². The number of esters is 1. The monoisotopic (exact) mass is 315 g/mol. The molecule has 1 aromatic rings. The Hall–Kier alpha value is -1.20. The van der Waals surface area contributed by atoms with Crippen LogP contribution in [0.4, 0.5) is 0 Å². The van der Waals surface area contributed by atoms with E-state index < -0.39 is 12.0 Å². The van der Waals surface area contributed by atoms with Crippen LogP contribution in [0.15, 0.2) is 24.3 Å². The summed E-state index contributed by atoms with van der Waals surface area (Å²) < 4.78 is 4.97. The van der Waals surface area contributed by atoms with Crippen LogP contribution < -0.4 is 5.32 Å². The van der Waals surface area contributed by atoms with E-state index in [1.54, 1.807) is 43.0 Å². The second kappa shape index (κ2) is 8.87. The average molecular weight is 316 g/mol. The molecule has 0 heterocycles. The number of hydrogen-bond donors (Lipinski definition) is 1. The number of amides is 1. The molecule has 0 saturated heterocycles. The Morgan fingerprint density at radius 1 is 1.45 bits per heavy atom. The van der Waals surface area contributed by atoms with E-state index in [2.05, 4.69) is 5.32 Å². The van der Waals surface area contributed by atoms with Gasteiger partial charge in [0.25, 0.3) is 5.91 Å². The number of benzene rings is 1. The number of halogens is 1. The summed E-state index contributed by atoms with van der Waals surface area (Å²) >= 11 is 7.46. The van der Waals surface area contributed by atoms with Gasteiger partial charge in [-0.15, -0.1) is 0 Å². The van der Waals surface area contributed by atoms with Gasteiger partial charge in [-0.25, -0.2) is 4.79 Å². The van der Waals surface area contributed by atoms with Crippen LogP contribution in [0.25, 0.3) is 0 Å². The first kappa shape index (κ1) is 16.9. The lowest BCUT2D eigenvalue weighted by Crippen LogP contribution is -2.42. The van der Waals surface area contributed by atoms with Crippen LogP contribution in [0, 0.1) is 0 Å². The van der Waals surface area contributed by atoms with E-state index in [4.69, 9.17) is 16.3 Å². The van der Waals surface area contributed by atoms with Gasteiger partial charge in [0.2, 0.25) is 0 Å². The summed E-state index contributed by atoms with van der Waals surface area (Å²) in [5.74, 6) is 0.0304. The molecule has 1 aromatic carbocycles. The molecule has 1 atom stereocenters.